The van der Waals surface area contributed by atoms with Crippen molar-refractivity contribution in [3.05, 3.63) is 53.3 Å². The van der Waals surface area contributed by atoms with Gasteiger partial charge in [0.05, 0.1) is 6.17 Å². The van der Waals surface area contributed by atoms with Gasteiger partial charge in [0.1, 0.15) is 5.92 Å². The van der Waals surface area contributed by atoms with Crippen molar-refractivity contribution in [2.75, 3.05) is 5.01 Å². The molecule has 0 spiro atoms. The number of carbonyl (C=O) groups is 2. The third-order valence-corrected chi connectivity index (χ3v) is 5.27. The fourth-order valence-electron chi connectivity index (χ4n) is 3.96. The molecule has 2 fully saturated rings. The number of hydrazine groups is 1. The van der Waals surface area contributed by atoms with Crippen LogP contribution in [0.5, 0.6) is 0 Å². The molecule has 27 heavy (non-hydrogen) atoms. The molecule has 7 nitrogen and oxygen atoms in total. The number of benzene rings is 1. The average molecular weight is 365 g/mol. The zero-order chi connectivity index (χ0) is 19.1. The second kappa shape index (κ2) is 6.83. The fraction of sp³-hybridized carbons (Fsp3) is 0.400. The molecule has 4 unspecified atom stereocenters. The molecule has 7 heteroatoms. The molecule has 2 aliphatic rings. The number of ketones is 1. The van der Waals surface area contributed by atoms with Crippen LogP contribution in [0.25, 0.3) is 0 Å². The van der Waals surface area contributed by atoms with Crippen LogP contribution in [0.4, 0.5) is 5.95 Å². The predicted octanol–water partition coefficient (Wildman–Crippen LogP) is 1.31. The standard InChI is InChI=1S/C20H23N5O2/c1-11-9-12(2)22-20(21-11)25-19(27)16-17(26)15(13(3)23-18(16)24-25)10-14-7-5-4-6-8-14/h4-9,13,15-16,18,23-24H,10H2,1-3H3. The molecule has 0 radical (unpaired) electrons. The van der Waals surface area contributed by atoms with Crippen LogP contribution in [0, 0.1) is 25.7 Å². The van der Waals surface area contributed by atoms with Gasteiger partial charge in [0.15, 0.2) is 5.78 Å². The smallest absolute Gasteiger partial charge is 0.257 e. The first-order valence-corrected chi connectivity index (χ1v) is 9.20. The first-order valence-electron chi connectivity index (χ1n) is 9.20. The number of nitrogens with zero attached hydrogens (tertiary/aromatic N) is 3. The van der Waals surface area contributed by atoms with E-state index in [1.165, 1.54) is 5.01 Å². The summed E-state index contributed by atoms with van der Waals surface area (Å²) in [5, 5.41) is 4.71. The highest BCUT2D eigenvalue weighted by atomic mass is 16.2. The third kappa shape index (κ3) is 3.24. The maximum absolute atomic E-state index is 13.2. The Hall–Kier alpha value is -2.64. The number of amides is 1. The summed E-state index contributed by atoms with van der Waals surface area (Å²) in [5.74, 6) is -1.06. The molecule has 1 aromatic heterocycles. The number of carbonyl (C=O) groups excluding carboxylic acids is 2. The largest absolute Gasteiger partial charge is 0.298 e. The van der Waals surface area contributed by atoms with Gasteiger partial charge in [-0.1, -0.05) is 30.3 Å². The quantitative estimate of drug-likeness (QED) is 0.798. The summed E-state index contributed by atoms with van der Waals surface area (Å²) in [6, 6.07) is 11.7. The monoisotopic (exact) mass is 365 g/mol. The summed E-state index contributed by atoms with van der Waals surface area (Å²) in [4.78, 5) is 34.9. The lowest BCUT2D eigenvalue weighted by Gasteiger charge is -2.35. The number of aromatic nitrogens is 2. The second-order valence-electron chi connectivity index (χ2n) is 7.36. The van der Waals surface area contributed by atoms with Gasteiger partial charge < -0.3 is 0 Å². The van der Waals surface area contributed by atoms with E-state index in [4.69, 9.17) is 0 Å². The molecule has 140 valence electrons. The summed E-state index contributed by atoms with van der Waals surface area (Å²) in [7, 11) is 0. The zero-order valence-corrected chi connectivity index (χ0v) is 15.6. The third-order valence-electron chi connectivity index (χ3n) is 5.27. The number of aryl methyl sites for hydroxylation is 2. The lowest BCUT2D eigenvalue weighted by Crippen LogP contribution is -2.59. The van der Waals surface area contributed by atoms with Gasteiger partial charge in [-0.15, -0.1) is 0 Å². The Morgan fingerprint density at radius 3 is 2.41 bits per heavy atom. The van der Waals surface area contributed by atoms with E-state index in [1.54, 1.807) is 0 Å². The van der Waals surface area contributed by atoms with Gasteiger partial charge in [0.2, 0.25) is 5.95 Å². The van der Waals surface area contributed by atoms with Gasteiger partial charge in [0.25, 0.3) is 5.91 Å². The lowest BCUT2D eigenvalue weighted by molar-refractivity contribution is -0.136. The van der Waals surface area contributed by atoms with Gasteiger partial charge in [-0.05, 0) is 38.8 Å². The molecule has 0 saturated carbocycles. The Kier molecular flexibility index (Phi) is 4.49. The predicted molar refractivity (Wildman–Crippen MR) is 101 cm³/mol. The molecular formula is C20H23N5O2. The molecule has 2 aliphatic heterocycles. The first-order chi connectivity index (χ1) is 12.9. The molecule has 1 amide bonds. The number of hydrogen-bond acceptors (Lipinski definition) is 6. The van der Waals surface area contributed by atoms with Crippen molar-refractivity contribution in [3.8, 4) is 0 Å². The highest BCUT2D eigenvalue weighted by molar-refractivity contribution is 6.11. The second-order valence-corrected chi connectivity index (χ2v) is 7.36. The van der Waals surface area contributed by atoms with Crippen molar-refractivity contribution in [1.29, 1.82) is 0 Å². The van der Waals surface area contributed by atoms with E-state index in [0.717, 1.165) is 17.0 Å². The van der Waals surface area contributed by atoms with Crippen LogP contribution in [-0.4, -0.2) is 33.9 Å². The summed E-state index contributed by atoms with van der Waals surface area (Å²) in [6.45, 7) is 5.70. The zero-order valence-electron chi connectivity index (χ0n) is 15.6. The topological polar surface area (TPSA) is 87.2 Å². The van der Waals surface area contributed by atoms with Crippen LogP contribution in [-0.2, 0) is 16.0 Å². The minimum Gasteiger partial charge on any atom is -0.298 e. The fourth-order valence-corrected chi connectivity index (χ4v) is 3.96. The Balaban J connectivity index is 1.59. The Morgan fingerprint density at radius 1 is 1.07 bits per heavy atom. The van der Waals surface area contributed by atoms with Crippen molar-refractivity contribution in [1.82, 2.24) is 20.7 Å². The Morgan fingerprint density at radius 2 is 1.74 bits per heavy atom. The molecule has 2 N–H and O–H groups in total. The van der Waals surface area contributed by atoms with Crippen molar-refractivity contribution in [3.63, 3.8) is 0 Å². The molecule has 0 aliphatic carbocycles. The van der Waals surface area contributed by atoms with E-state index < -0.39 is 12.1 Å². The number of nitrogens with one attached hydrogen (secondary N) is 2. The van der Waals surface area contributed by atoms with Crippen LogP contribution in [0.15, 0.2) is 36.4 Å². The SMILES string of the molecule is Cc1cc(C)nc(N2NC3NC(C)C(Cc4ccccc4)C(=O)C3C2=O)n1. The van der Waals surface area contributed by atoms with E-state index in [2.05, 4.69) is 20.7 Å². The molecule has 1 aromatic carbocycles. The van der Waals surface area contributed by atoms with Crippen LogP contribution in [0.2, 0.25) is 0 Å². The normalized spacial score (nSPS) is 27.7. The van der Waals surface area contributed by atoms with Crippen molar-refractivity contribution in [2.24, 2.45) is 11.8 Å². The number of rotatable bonds is 3. The summed E-state index contributed by atoms with van der Waals surface area (Å²) < 4.78 is 0. The molecule has 3 heterocycles. The van der Waals surface area contributed by atoms with Crippen LogP contribution in [0.3, 0.4) is 0 Å². The van der Waals surface area contributed by atoms with Gasteiger partial charge >= 0.3 is 0 Å². The van der Waals surface area contributed by atoms with Crippen molar-refractivity contribution in [2.45, 2.75) is 39.4 Å². The Labute approximate surface area is 158 Å². The molecule has 4 rings (SSSR count). The van der Waals surface area contributed by atoms with Crippen molar-refractivity contribution >= 4 is 17.6 Å². The number of fused-ring (bicyclic) bond motifs is 1. The van der Waals surface area contributed by atoms with E-state index in [-0.39, 0.29) is 29.6 Å². The average Bonchev–Trinajstić information content (AvgIpc) is 2.95. The molecule has 2 saturated heterocycles. The maximum atomic E-state index is 13.2. The number of piperidine rings is 1. The summed E-state index contributed by atoms with van der Waals surface area (Å²) in [5.41, 5.74) is 5.73. The highest BCUT2D eigenvalue weighted by Crippen LogP contribution is 2.30. The maximum Gasteiger partial charge on any atom is 0.257 e. The molecule has 2 aromatic rings. The van der Waals surface area contributed by atoms with Crippen LogP contribution >= 0.6 is 0 Å². The number of hydrogen-bond donors (Lipinski definition) is 2. The van der Waals surface area contributed by atoms with E-state index in [1.807, 2.05) is 57.2 Å². The minimum atomic E-state index is -0.765. The lowest BCUT2D eigenvalue weighted by atomic mass is 9.79. The van der Waals surface area contributed by atoms with Gasteiger partial charge in [-0.25, -0.2) is 20.4 Å². The molecular weight excluding hydrogens is 342 g/mol. The first kappa shape index (κ1) is 17.8. The number of Topliss-reactive ketones (excluding diaryl/α,β-unsaturated/α-hetero) is 1. The highest BCUT2D eigenvalue weighted by Gasteiger charge is 2.52. The molecule has 4 atom stereocenters. The van der Waals surface area contributed by atoms with E-state index in [9.17, 15) is 9.59 Å². The molecule has 0 bridgehead atoms. The van der Waals surface area contributed by atoms with E-state index >= 15 is 0 Å². The van der Waals surface area contributed by atoms with E-state index in [0.29, 0.717) is 6.42 Å². The summed E-state index contributed by atoms with van der Waals surface area (Å²) in [6.07, 6.45) is 0.182. The van der Waals surface area contributed by atoms with Crippen LogP contribution in [0.1, 0.15) is 23.9 Å². The van der Waals surface area contributed by atoms with Gasteiger partial charge in [-0.3, -0.25) is 14.9 Å². The Bertz CT molecular complexity index is 865. The van der Waals surface area contributed by atoms with Gasteiger partial charge in [-0.2, -0.15) is 0 Å². The summed E-state index contributed by atoms with van der Waals surface area (Å²) >= 11 is 0. The minimum absolute atomic E-state index is 0.0283. The van der Waals surface area contributed by atoms with Crippen LogP contribution < -0.4 is 15.8 Å². The van der Waals surface area contributed by atoms with Crippen molar-refractivity contribution < 1.29 is 9.59 Å². The van der Waals surface area contributed by atoms with Gasteiger partial charge in [0, 0.05) is 23.3 Å². The number of anilines is 1.